The summed E-state index contributed by atoms with van der Waals surface area (Å²) in [6.07, 6.45) is 5.15. The lowest BCUT2D eigenvalue weighted by Crippen LogP contribution is -2.42. The highest BCUT2D eigenvalue weighted by molar-refractivity contribution is 7.20. The maximum absolute atomic E-state index is 14.1. The number of rotatable bonds is 3. The van der Waals surface area contributed by atoms with Gasteiger partial charge in [0.05, 0.1) is 11.1 Å². The Labute approximate surface area is 201 Å². The van der Waals surface area contributed by atoms with Gasteiger partial charge in [0.1, 0.15) is 0 Å². The first-order valence-electron chi connectivity index (χ1n) is 11.7. The average Bonchev–Trinajstić information content (AvgIpc) is 3.41. The van der Waals surface area contributed by atoms with Crippen LogP contribution >= 0.6 is 22.7 Å². The van der Waals surface area contributed by atoms with E-state index < -0.39 is 0 Å². The number of benzene rings is 2. The Balaban J connectivity index is 1.66. The molecule has 3 heterocycles. The molecule has 1 aliphatic carbocycles. The number of carbonyl (C=O) groups excluding carboxylic acids is 2. The van der Waals surface area contributed by atoms with Gasteiger partial charge in [0.15, 0.2) is 0 Å². The second kappa shape index (κ2) is 7.93. The molecule has 2 aromatic heterocycles. The average molecular weight is 472 g/mol. The SMILES string of the molecule is Cc1sc2ccccc2c1C1=C(c2c(C)sc3ccccc23)C(=O)N(C2CCCCC2)C1=O. The van der Waals surface area contributed by atoms with Crippen molar-refractivity contribution in [1.29, 1.82) is 0 Å². The van der Waals surface area contributed by atoms with E-state index in [1.807, 2.05) is 24.3 Å². The Kier molecular flexibility index (Phi) is 5.00. The van der Waals surface area contributed by atoms with E-state index in [2.05, 4.69) is 38.1 Å². The van der Waals surface area contributed by atoms with Crippen LogP contribution in [0.1, 0.15) is 53.0 Å². The molecule has 0 radical (unpaired) electrons. The van der Waals surface area contributed by atoms with Crippen LogP contribution in [-0.4, -0.2) is 22.8 Å². The number of imide groups is 1. The fraction of sp³-hybridized carbons (Fsp3) is 0.286. The maximum atomic E-state index is 14.1. The van der Waals surface area contributed by atoms with Crippen LogP contribution in [0.2, 0.25) is 0 Å². The van der Waals surface area contributed by atoms with Gasteiger partial charge in [0.2, 0.25) is 0 Å². The van der Waals surface area contributed by atoms with E-state index in [1.54, 1.807) is 27.6 Å². The highest BCUT2D eigenvalue weighted by Gasteiger charge is 2.45. The predicted octanol–water partition coefficient (Wildman–Crippen LogP) is 7.35. The van der Waals surface area contributed by atoms with Crippen LogP contribution in [0, 0.1) is 13.8 Å². The van der Waals surface area contributed by atoms with Gasteiger partial charge in [-0.1, -0.05) is 55.7 Å². The molecular formula is C28H25NO2S2. The molecule has 4 aromatic rings. The van der Waals surface area contributed by atoms with Crippen LogP contribution in [0.4, 0.5) is 0 Å². The van der Waals surface area contributed by atoms with Gasteiger partial charge < -0.3 is 0 Å². The van der Waals surface area contributed by atoms with Gasteiger partial charge >= 0.3 is 0 Å². The second-order valence-corrected chi connectivity index (χ2v) is 11.6. The van der Waals surface area contributed by atoms with Gasteiger partial charge in [-0.15, -0.1) is 22.7 Å². The van der Waals surface area contributed by atoms with Gasteiger partial charge in [0.25, 0.3) is 11.8 Å². The summed E-state index contributed by atoms with van der Waals surface area (Å²) in [6, 6.07) is 16.5. The number of nitrogens with zero attached hydrogens (tertiary/aromatic N) is 1. The molecule has 33 heavy (non-hydrogen) atoms. The second-order valence-electron chi connectivity index (χ2n) is 9.08. The summed E-state index contributed by atoms with van der Waals surface area (Å²) in [7, 11) is 0. The van der Waals surface area contributed by atoms with Crippen molar-refractivity contribution in [3.8, 4) is 0 Å². The smallest absolute Gasteiger partial charge is 0.262 e. The number of amides is 2. The molecular weight excluding hydrogens is 446 g/mol. The molecule has 0 bridgehead atoms. The Hall–Kier alpha value is -2.76. The predicted molar refractivity (Wildman–Crippen MR) is 139 cm³/mol. The van der Waals surface area contributed by atoms with Crippen LogP contribution in [-0.2, 0) is 9.59 Å². The summed E-state index contributed by atoms with van der Waals surface area (Å²) >= 11 is 3.40. The first-order valence-corrected chi connectivity index (χ1v) is 13.3. The topological polar surface area (TPSA) is 37.4 Å². The van der Waals surface area contributed by atoms with Gasteiger partial charge in [-0.3, -0.25) is 14.5 Å². The van der Waals surface area contributed by atoms with Crippen LogP contribution < -0.4 is 0 Å². The maximum Gasteiger partial charge on any atom is 0.262 e. The minimum absolute atomic E-state index is 0.00154. The molecule has 0 atom stereocenters. The van der Waals surface area contributed by atoms with Gasteiger partial charge in [-0.05, 0) is 38.8 Å². The Morgan fingerprint density at radius 2 is 1.15 bits per heavy atom. The third-order valence-corrected chi connectivity index (χ3v) is 9.27. The zero-order valence-corrected chi connectivity index (χ0v) is 20.4. The van der Waals surface area contributed by atoms with E-state index in [0.717, 1.165) is 66.7 Å². The van der Waals surface area contributed by atoms with Gasteiger partial charge in [0, 0.05) is 47.1 Å². The number of carbonyl (C=O) groups is 2. The zero-order valence-electron chi connectivity index (χ0n) is 18.8. The molecule has 6 rings (SSSR count). The fourth-order valence-corrected chi connectivity index (χ4v) is 7.78. The van der Waals surface area contributed by atoms with E-state index in [0.29, 0.717) is 11.1 Å². The molecule has 2 aromatic carbocycles. The Bertz CT molecular complexity index is 1360. The number of fused-ring (bicyclic) bond motifs is 2. The van der Waals surface area contributed by atoms with E-state index >= 15 is 0 Å². The lowest BCUT2D eigenvalue weighted by molar-refractivity contribution is -0.139. The quantitative estimate of drug-likeness (QED) is 0.293. The third-order valence-electron chi connectivity index (χ3n) is 7.10. The van der Waals surface area contributed by atoms with Crippen molar-refractivity contribution in [3.63, 3.8) is 0 Å². The van der Waals surface area contributed by atoms with E-state index in [4.69, 9.17) is 0 Å². The first kappa shape index (κ1) is 20.8. The molecule has 1 aliphatic heterocycles. The molecule has 2 amide bonds. The van der Waals surface area contributed by atoms with Crippen molar-refractivity contribution in [2.45, 2.75) is 52.0 Å². The monoisotopic (exact) mass is 471 g/mol. The van der Waals surface area contributed by atoms with E-state index in [9.17, 15) is 9.59 Å². The zero-order chi connectivity index (χ0) is 22.7. The molecule has 1 saturated carbocycles. The summed E-state index contributed by atoms with van der Waals surface area (Å²) < 4.78 is 2.31. The lowest BCUT2D eigenvalue weighted by Gasteiger charge is -2.30. The molecule has 166 valence electrons. The van der Waals surface area contributed by atoms with Crippen LogP contribution in [0.3, 0.4) is 0 Å². The number of hydrogen-bond donors (Lipinski definition) is 0. The highest BCUT2D eigenvalue weighted by atomic mass is 32.1. The summed E-state index contributed by atoms with van der Waals surface area (Å²) in [5.41, 5.74) is 3.09. The van der Waals surface area contributed by atoms with Crippen LogP contribution in [0.15, 0.2) is 48.5 Å². The van der Waals surface area contributed by atoms with E-state index in [1.165, 1.54) is 6.42 Å². The van der Waals surface area contributed by atoms with Crippen LogP contribution in [0.25, 0.3) is 31.3 Å². The molecule has 0 unspecified atom stereocenters. The molecule has 0 saturated heterocycles. The van der Waals surface area contributed by atoms with Crippen molar-refractivity contribution in [3.05, 3.63) is 69.4 Å². The molecule has 1 fully saturated rings. The summed E-state index contributed by atoms with van der Waals surface area (Å²) in [5.74, 6) is -0.216. The van der Waals surface area contributed by atoms with Crippen molar-refractivity contribution < 1.29 is 9.59 Å². The summed E-state index contributed by atoms with van der Waals surface area (Å²) in [6.45, 7) is 4.15. The highest BCUT2D eigenvalue weighted by Crippen LogP contribution is 2.47. The van der Waals surface area contributed by atoms with Crippen molar-refractivity contribution in [2.75, 3.05) is 0 Å². The van der Waals surface area contributed by atoms with Gasteiger partial charge in [-0.25, -0.2) is 0 Å². The Morgan fingerprint density at radius 3 is 1.64 bits per heavy atom. The van der Waals surface area contributed by atoms with Crippen molar-refractivity contribution in [2.24, 2.45) is 0 Å². The van der Waals surface area contributed by atoms with Crippen molar-refractivity contribution >= 4 is 65.8 Å². The van der Waals surface area contributed by atoms with Gasteiger partial charge in [-0.2, -0.15) is 0 Å². The molecule has 0 spiro atoms. The third kappa shape index (κ3) is 3.13. The number of thiophene rings is 2. The number of hydrogen-bond acceptors (Lipinski definition) is 4. The van der Waals surface area contributed by atoms with Crippen molar-refractivity contribution in [1.82, 2.24) is 4.90 Å². The lowest BCUT2D eigenvalue weighted by atomic mass is 9.93. The summed E-state index contributed by atoms with van der Waals surface area (Å²) in [5, 5.41) is 2.13. The normalized spacial score (nSPS) is 17.8. The standard InChI is InChI=1S/C28H25NO2S2/c1-16-23(19-12-6-8-14-21(19)32-16)25-26(24-17(2)33-22-15-9-7-13-20(22)24)28(31)29(27(25)30)18-10-4-3-5-11-18/h6-9,12-15,18H,3-5,10-11H2,1-2H3. The molecule has 0 N–H and O–H groups in total. The summed E-state index contributed by atoms with van der Waals surface area (Å²) in [4.78, 5) is 32.0. The van der Waals surface area contributed by atoms with E-state index in [-0.39, 0.29) is 17.9 Å². The fourth-order valence-electron chi connectivity index (χ4n) is 5.64. The molecule has 5 heteroatoms. The molecule has 3 nitrogen and oxygen atoms in total. The Morgan fingerprint density at radius 1 is 0.697 bits per heavy atom. The number of aryl methyl sites for hydroxylation is 2. The first-order chi connectivity index (χ1) is 16.1. The molecule has 2 aliphatic rings. The largest absolute Gasteiger partial charge is 0.271 e. The minimum Gasteiger partial charge on any atom is -0.271 e. The van der Waals surface area contributed by atoms with Crippen LogP contribution in [0.5, 0.6) is 0 Å². The minimum atomic E-state index is -0.108.